The van der Waals surface area contributed by atoms with Crippen LogP contribution in [0.4, 0.5) is 0 Å². The van der Waals surface area contributed by atoms with E-state index >= 15 is 0 Å². The Balaban J connectivity index is 4.31. The molecule has 0 aromatic rings. The first-order valence-corrected chi connectivity index (χ1v) is 20.2. The zero-order chi connectivity index (χ0) is 34.5. The van der Waals surface area contributed by atoms with E-state index < -0.39 is 6.10 Å². The van der Waals surface area contributed by atoms with Gasteiger partial charge in [-0.1, -0.05) is 161 Å². The lowest BCUT2D eigenvalue weighted by Crippen LogP contribution is -2.30. The van der Waals surface area contributed by atoms with E-state index in [9.17, 15) is 14.4 Å². The largest absolute Gasteiger partial charge is 0.462 e. The molecule has 0 aromatic carbocycles. The van der Waals surface area contributed by atoms with E-state index in [1.165, 1.54) is 109 Å². The molecule has 0 amide bonds. The van der Waals surface area contributed by atoms with Crippen molar-refractivity contribution in [3.63, 3.8) is 0 Å². The summed E-state index contributed by atoms with van der Waals surface area (Å²) in [4.78, 5) is 37.3. The molecule has 0 aliphatic carbocycles. The van der Waals surface area contributed by atoms with Crippen LogP contribution >= 0.6 is 0 Å². The Hall–Kier alpha value is -1.85. The van der Waals surface area contributed by atoms with Crippen LogP contribution in [0.2, 0.25) is 0 Å². The molecule has 1 atom stereocenters. The van der Waals surface area contributed by atoms with Gasteiger partial charge in [-0.3, -0.25) is 14.4 Å². The van der Waals surface area contributed by atoms with E-state index in [-0.39, 0.29) is 31.1 Å². The first kappa shape index (κ1) is 45.2. The van der Waals surface area contributed by atoms with Crippen LogP contribution in [0.15, 0.2) is 12.2 Å². The Kier molecular flexibility index (Phi) is 35.5. The first-order valence-electron chi connectivity index (χ1n) is 20.2. The smallest absolute Gasteiger partial charge is 0.306 e. The van der Waals surface area contributed by atoms with Crippen molar-refractivity contribution in [2.75, 3.05) is 13.2 Å². The lowest BCUT2D eigenvalue weighted by molar-refractivity contribution is -0.167. The summed E-state index contributed by atoms with van der Waals surface area (Å²) in [6.45, 7) is 6.53. The highest BCUT2D eigenvalue weighted by Gasteiger charge is 2.19. The molecule has 276 valence electrons. The number of carbonyl (C=O) groups is 3. The third kappa shape index (κ3) is 35.3. The lowest BCUT2D eigenvalue weighted by atomic mass is 10.1. The minimum atomic E-state index is -0.761. The molecule has 0 bridgehead atoms. The molecule has 0 heterocycles. The second-order valence-electron chi connectivity index (χ2n) is 13.6. The van der Waals surface area contributed by atoms with Crippen molar-refractivity contribution < 1.29 is 28.6 Å². The van der Waals surface area contributed by atoms with Gasteiger partial charge in [0.2, 0.25) is 0 Å². The highest BCUT2D eigenvalue weighted by molar-refractivity contribution is 5.71. The van der Waals surface area contributed by atoms with E-state index in [0.717, 1.165) is 64.2 Å². The minimum Gasteiger partial charge on any atom is -0.462 e. The second-order valence-corrected chi connectivity index (χ2v) is 13.6. The third-order valence-corrected chi connectivity index (χ3v) is 8.77. The summed E-state index contributed by atoms with van der Waals surface area (Å²) in [5.74, 6) is -0.889. The van der Waals surface area contributed by atoms with Gasteiger partial charge in [-0.2, -0.15) is 0 Å². The van der Waals surface area contributed by atoms with E-state index in [4.69, 9.17) is 14.2 Å². The Bertz CT molecular complexity index is 733. The van der Waals surface area contributed by atoms with Gasteiger partial charge in [0.25, 0.3) is 0 Å². The quantitative estimate of drug-likeness (QED) is 0.0287. The van der Waals surface area contributed by atoms with Gasteiger partial charge >= 0.3 is 17.9 Å². The molecule has 0 N–H and O–H groups in total. The third-order valence-electron chi connectivity index (χ3n) is 8.77. The fourth-order valence-corrected chi connectivity index (χ4v) is 5.67. The highest BCUT2D eigenvalue weighted by atomic mass is 16.6. The summed E-state index contributed by atoms with van der Waals surface area (Å²) in [7, 11) is 0. The van der Waals surface area contributed by atoms with Crippen LogP contribution in [0.1, 0.15) is 213 Å². The standard InChI is InChI=1S/C41H76O6/c1-4-7-10-13-16-18-20-22-23-25-28-31-34-40(43)46-37-38(36-45-39(42)33-30-27-15-12-9-6-3)47-41(44)35-32-29-26-24-21-19-17-14-11-8-5-2/h16,18,38H,4-15,17,19-37H2,1-3H3/b18-16-. The van der Waals surface area contributed by atoms with Gasteiger partial charge in [0.05, 0.1) is 0 Å². The van der Waals surface area contributed by atoms with Crippen molar-refractivity contribution in [3.8, 4) is 0 Å². The molecule has 6 nitrogen and oxygen atoms in total. The summed E-state index contributed by atoms with van der Waals surface area (Å²) in [6.07, 6.45) is 36.3. The van der Waals surface area contributed by atoms with Crippen LogP contribution in [0.25, 0.3) is 0 Å². The predicted octanol–water partition coefficient (Wildman–Crippen LogP) is 12.3. The number of carbonyl (C=O) groups excluding carboxylic acids is 3. The lowest BCUT2D eigenvalue weighted by Gasteiger charge is -2.18. The highest BCUT2D eigenvalue weighted by Crippen LogP contribution is 2.14. The SMILES string of the molecule is CCCCC/C=C\CCCCCCCC(=O)OCC(COC(=O)CCCCCCCC)OC(=O)CCCCCCCCCCCCC. The molecule has 6 heteroatoms. The molecule has 0 radical (unpaired) electrons. The first-order chi connectivity index (χ1) is 23.0. The molecule has 0 saturated heterocycles. The monoisotopic (exact) mass is 665 g/mol. The van der Waals surface area contributed by atoms with Crippen LogP contribution in [-0.4, -0.2) is 37.2 Å². The molecule has 0 aliphatic heterocycles. The van der Waals surface area contributed by atoms with Crippen LogP contribution in [0.3, 0.4) is 0 Å². The van der Waals surface area contributed by atoms with Gasteiger partial charge in [-0.15, -0.1) is 0 Å². The molecule has 0 saturated carbocycles. The molecule has 0 aromatic heterocycles. The maximum Gasteiger partial charge on any atom is 0.306 e. The maximum absolute atomic E-state index is 12.6. The van der Waals surface area contributed by atoms with Crippen molar-refractivity contribution in [3.05, 3.63) is 12.2 Å². The average molecular weight is 665 g/mol. The Morgan fingerprint density at radius 1 is 0.404 bits per heavy atom. The topological polar surface area (TPSA) is 78.9 Å². The molecular formula is C41H76O6. The normalized spacial score (nSPS) is 12.0. The van der Waals surface area contributed by atoms with E-state index in [1.54, 1.807) is 0 Å². The van der Waals surface area contributed by atoms with Crippen molar-refractivity contribution in [2.45, 2.75) is 219 Å². The average Bonchev–Trinajstić information content (AvgIpc) is 3.06. The maximum atomic E-state index is 12.6. The van der Waals surface area contributed by atoms with Gasteiger partial charge < -0.3 is 14.2 Å². The van der Waals surface area contributed by atoms with E-state index in [0.29, 0.717) is 19.3 Å². The van der Waals surface area contributed by atoms with Crippen molar-refractivity contribution in [1.82, 2.24) is 0 Å². The number of rotatable bonds is 36. The van der Waals surface area contributed by atoms with Gasteiger partial charge in [-0.05, 0) is 44.9 Å². The molecule has 1 unspecified atom stereocenters. The number of hydrogen-bond donors (Lipinski definition) is 0. The zero-order valence-corrected chi connectivity index (χ0v) is 31.3. The summed E-state index contributed by atoms with van der Waals surface area (Å²) >= 11 is 0. The van der Waals surface area contributed by atoms with Gasteiger partial charge in [-0.25, -0.2) is 0 Å². The Morgan fingerprint density at radius 3 is 1.11 bits per heavy atom. The predicted molar refractivity (Wildman–Crippen MR) is 196 cm³/mol. The molecular weight excluding hydrogens is 588 g/mol. The Morgan fingerprint density at radius 2 is 0.702 bits per heavy atom. The second kappa shape index (κ2) is 37.0. The fraction of sp³-hybridized carbons (Fsp3) is 0.878. The number of hydrogen-bond acceptors (Lipinski definition) is 6. The molecule has 47 heavy (non-hydrogen) atoms. The summed E-state index contributed by atoms with van der Waals surface area (Å²) in [5.41, 5.74) is 0. The van der Waals surface area contributed by atoms with Gasteiger partial charge in [0.15, 0.2) is 6.10 Å². The van der Waals surface area contributed by atoms with E-state index in [1.807, 2.05) is 0 Å². The summed E-state index contributed by atoms with van der Waals surface area (Å²) < 4.78 is 16.5. The van der Waals surface area contributed by atoms with Gasteiger partial charge in [0.1, 0.15) is 13.2 Å². The van der Waals surface area contributed by atoms with Gasteiger partial charge in [0, 0.05) is 19.3 Å². The van der Waals surface area contributed by atoms with Crippen molar-refractivity contribution in [1.29, 1.82) is 0 Å². The number of allylic oxidation sites excluding steroid dienone is 2. The fourth-order valence-electron chi connectivity index (χ4n) is 5.67. The van der Waals surface area contributed by atoms with Crippen LogP contribution < -0.4 is 0 Å². The molecule has 0 spiro atoms. The van der Waals surface area contributed by atoms with Crippen molar-refractivity contribution >= 4 is 17.9 Å². The van der Waals surface area contributed by atoms with Crippen LogP contribution in [0, 0.1) is 0 Å². The number of ether oxygens (including phenoxy) is 3. The summed E-state index contributed by atoms with van der Waals surface area (Å²) in [6, 6.07) is 0. The molecule has 0 aliphatic rings. The van der Waals surface area contributed by atoms with Crippen LogP contribution in [0.5, 0.6) is 0 Å². The summed E-state index contributed by atoms with van der Waals surface area (Å²) in [5, 5.41) is 0. The Labute approximate surface area is 290 Å². The van der Waals surface area contributed by atoms with Crippen molar-refractivity contribution in [2.24, 2.45) is 0 Å². The number of esters is 3. The molecule has 0 fully saturated rings. The van der Waals surface area contributed by atoms with Crippen LogP contribution in [-0.2, 0) is 28.6 Å². The van der Waals surface area contributed by atoms with E-state index in [2.05, 4.69) is 32.9 Å². The minimum absolute atomic E-state index is 0.0704. The zero-order valence-electron chi connectivity index (χ0n) is 31.3. The number of unbranched alkanes of at least 4 members (excludes halogenated alkanes) is 23. The molecule has 0 rings (SSSR count).